The molecule has 0 fully saturated rings. The van der Waals surface area contributed by atoms with Crippen LogP contribution < -0.4 is 9.47 Å². The third-order valence-electron chi connectivity index (χ3n) is 4.28. The highest BCUT2D eigenvalue weighted by Gasteiger charge is 2.18. The van der Waals surface area contributed by atoms with Gasteiger partial charge in [-0.05, 0) is 18.2 Å². The largest absolute Gasteiger partial charge is 0.513 e. The molecular weight excluding hydrogens is 348 g/mol. The van der Waals surface area contributed by atoms with Gasteiger partial charge in [-0.15, -0.1) is 0 Å². The first-order valence-electron chi connectivity index (χ1n) is 8.58. The average molecular weight is 366 g/mol. The quantitative estimate of drug-likeness (QED) is 0.440. The van der Waals surface area contributed by atoms with Crippen molar-refractivity contribution in [2.24, 2.45) is 0 Å². The van der Waals surface area contributed by atoms with Crippen molar-refractivity contribution in [3.8, 4) is 11.7 Å². The Balaban J connectivity index is 1.58. The highest BCUT2D eigenvalue weighted by Crippen LogP contribution is 2.32. The molecule has 138 valence electrons. The van der Waals surface area contributed by atoms with E-state index in [-0.39, 0.29) is 18.5 Å². The number of hydrogen-bond donors (Lipinski definition) is 1. The Morgan fingerprint density at radius 3 is 2.59 bits per heavy atom. The minimum absolute atomic E-state index is 0.0578. The summed E-state index contributed by atoms with van der Waals surface area (Å²) in [7, 11) is 0. The van der Waals surface area contributed by atoms with Gasteiger partial charge in [0, 0.05) is 34.4 Å². The first-order valence-corrected chi connectivity index (χ1v) is 8.58. The number of ether oxygens (including phenoxy) is 2. The van der Waals surface area contributed by atoms with Gasteiger partial charge in [-0.3, -0.25) is 0 Å². The van der Waals surface area contributed by atoms with E-state index in [0.717, 1.165) is 27.5 Å². The van der Waals surface area contributed by atoms with Crippen molar-refractivity contribution >= 4 is 28.1 Å². The Hall–Kier alpha value is -3.41. The fourth-order valence-corrected chi connectivity index (χ4v) is 3.11. The summed E-state index contributed by atoms with van der Waals surface area (Å²) in [5.74, 6) is 1.29. The Morgan fingerprint density at radius 1 is 1.04 bits per heavy atom. The fraction of sp³-hybridized carbons (Fsp3) is 0.190. The van der Waals surface area contributed by atoms with Gasteiger partial charge in [-0.25, -0.2) is 4.79 Å². The van der Waals surface area contributed by atoms with E-state index >= 15 is 0 Å². The molecule has 0 aliphatic heterocycles. The van der Waals surface area contributed by atoms with Crippen molar-refractivity contribution in [3.05, 3.63) is 59.9 Å². The molecule has 6 heteroatoms. The monoisotopic (exact) mass is 366 g/mol. The SMILES string of the molecule is CC(C)c1oc(OC(=O)O)cc1COc1ccc2c(c1)oc1ccccc12. The maximum atomic E-state index is 10.7. The Bertz CT molecular complexity index is 1120. The number of fused-ring (bicyclic) bond motifs is 3. The van der Waals surface area contributed by atoms with Crippen LogP contribution in [0.25, 0.3) is 21.9 Å². The lowest BCUT2D eigenvalue weighted by atomic mass is 10.1. The van der Waals surface area contributed by atoms with Crippen molar-refractivity contribution in [1.29, 1.82) is 0 Å². The molecule has 0 unspecified atom stereocenters. The zero-order valence-electron chi connectivity index (χ0n) is 14.9. The zero-order valence-corrected chi connectivity index (χ0v) is 14.9. The zero-order chi connectivity index (χ0) is 19.0. The van der Waals surface area contributed by atoms with Crippen LogP contribution in [0.5, 0.6) is 11.7 Å². The predicted octanol–water partition coefficient (Wildman–Crippen LogP) is 5.94. The Kier molecular flexibility index (Phi) is 4.24. The van der Waals surface area contributed by atoms with Crippen LogP contribution in [0.3, 0.4) is 0 Å². The van der Waals surface area contributed by atoms with Crippen LogP contribution in [0.4, 0.5) is 4.79 Å². The second kappa shape index (κ2) is 6.72. The van der Waals surface area contributed by atoms with Gasteiger partial charge in [-0.1, -0.05) is 32.0 Å². The molecule has 1 N–H and O–H groups in total. The van der Waals surface area contributed by atoms with E-state index in [1.807, 2.05) is 56.3 Å². The van der Waals surface area contributed by atoms with E-state index < -0.39 is 6.16 Å². The lowest BCUT2D eigenvalue weighted by Crippen LogP contribution is -2.01. The molecule has 2 aromatic heterocycles. The standard InChI is InChI=1S/C21H18O6/c1-12(2)20-13(9-19(26-20)27-21(22)23)11-24-14-7-8-16-15-5-3-4-6-17(15)25-18(16)10-14/h3-10,12H,11H2,1-2H3,(H,22,23). The molecule has 2 heterocycles. The van der Waals surface area contributed by atoms with Crippen molar-refractivity contribution in [2.75, 3.05) is 0 Å². The molecule has 0 aliphatic carbocycles. The topological polar surface area (TPSA) is 82.0 Å². The molecule has 0 spiro atoms. The number of rotatable bonds is 5. The van der Waals surface area contributed by atoms with E-state index in [2.05, 4.69) is 4.74 Å². The minimum atomic E-state index is -1.41. The van der Waals surface area contributed by atoms with Crippen LogP contribution >= 0.6 is 0 Å². The van der Waals surface area contributed by atoms with E-state index in [1.54, 1.807) is 6.07 Å². The van der Waals surface area contributed by atoms with Gasteiger partial charge in [-0.2, -0.15) is 0 Å². The Morgan fingerprint density at radius 2 is 1.81 bits per heavy atom. The second-order valence-electron chi connectivity index (χ2n) is 6.52. The first kappa shape index (κ1) is 17.0. The summed E-state index contributed by atoms with van der Waals surface area (Å²) in [6.07, 6.45) is -1.41. The summed E-state index contributed by atoms with van der Waals surface area (Å²) in [6, 6.07) is 15.1. The Labute approximate surface area is 154 Å². The van der Waals surface area contributed by atoms with Gasteiger partial charge in [0.25, 0.3) is 5.95 Å². The van der Waals surface area contributed by atoms with Gasteiger partial charge in [0.1, 0.15) is 29.3 Å². The van der Waals surface area contributed by atoms with E-state index in [1.165, 1.54) is 0 Å². The molecule has 27 heavy (non-hydrogen) atoms. The van der Waals surface area contributed by atoms with Gasteiger partial charge < -0.3 is 23.4 Å². The highest BCUT2D eigenvalue weighted by atomic mass is 16.7. The number of para-hydroxylation sites is 1. The number of hydrogen-bond acceptors (Lipinski definition) is 5. The normalized spacial score (nSPS) is 11.4. The lowest BCUT2D eigenvalue weighted by Gasteiger charge is -2.07. The fourth-order valence-electron chi connectivity index (χ4n) is 3.11. The maximum absolute atomic E-state index is 10.7. The molecule has 0 saturated carbocycles. The van der Waals surface area contributed by atoms with Crippen LogP contribution in [0.1, 0.15) is 31.1 Å². The molecule has 6 nitrogen and oxygen atoms in total. The van der Waals surface area contributed by atoms with Gasteiger partial charge in [0.05, 0.1) is 0 Å². The maximum Gasteiger partial charge on any atom is 0.513 e. The minimum Gasteiger partial charge on any atom is -0.489 e. The number of carboxylic acid groups (broad SMARTS) is 1. The van der Waals surface area contributed by atoms with E-state index in [4.69, 9.17) is 18.7 Å². The molecule has 0 bridgehead atoms. The van der Waals surface area contributed by atoms with Crippen LogP contribution in [-0.2, 0) is 6.61 Å². The molecule has 0 radical (unpaired) electrons. The van der Waals surface area contributed by atoms with Crippen molar-refractivity contribution in [1.82, 2.24) is 0 Å². The third-order valence-corrected chi connectivity index (χ3v) is 4.28. The van der Waals surface area contributed by atoms with E-state index in [0.29, 0.717) is 11.5 Å². The summed E-state index contributed by atoms with van der Waals surface area (Å²) in [4.78, 5) is 10.7. The summed E-state index contributed by atoms with van der Waals surface area (Å²) in [6.45, 7) is 4.13. The second-order valence-corrected chi connectivity index (χ2v) is 6.52. The van der Waals surface area contributed by atoms with Gasteiger partial charge >= 0.3 is 6.16 Å². The predicted molar refractivity (Wildman–Crippen MR) is 99.5 cm³/mol. The lowest BCUT2D eigenvalue weighted by molar-refractivity contribution is 0.131. The van der Waals surface area contributed by atoms with Crippen molar-refractivity contribution in [2.45, 2.75) is 26.4 Å². The molecule has 2 aromatic carbocycles. The third kappa shape index (κ3) is 3.33. The van der Waals surface area contributed by atoms with Crippen LogP contribution in [0.2, 0.25) is 0 Å². The summed E-state index contributed by atoms with van der Waals surface area (Å²) in [5, 5.41) is 10.8. The van der Waals surface area contributed by atoms with Crippen molar-refractivity contribution in [3.63, 3.8) is 0 Å². The molecule has 0 aliphatic rings. The summed E-state index contributed by atoms with van der Waals surface area (Å²) < 4.78 is 21.8. The van der Waals surface area contributed by atoms with Crippen LogP contribution in [0.15, 0.2) is 57.4 Å². The van der Waals surface area contributed by atoms with Crippen molar-refractivity contribution < 1.29 is 28.2 Å². The average Bonchev–Trinajstić information content (AvgIpc) is 3.19. The highest BCUT2D eigenvalue weighted by molar-refractivity contribution is 6.05. The smallest absolute Gasteiger partial charge is 0.489 e. The van der Waals surface area contributed by atoms with Crippen LogP contribution in [-0.4, -0.2) is 11.3 Å². The van der Waals surface area contributed by atoms with Gasteiger partial charge in [0.2, 0.25) is 0 Å². The summed E-state index contributed by atoms with van der Waals surface area (Å²) in [5.41, 5.74) is 2.32. The molecule has 0 saturated heterocycles. The number of benzene rings is 2. The molecule has 0 atom stereocenters. The molecule has 4 rings (SSSR count). The number of furan rings is 2. The van der Waals surface area contributed by atoms with Crippen LogP contribution in [0, 0.1) is 0 Å². The molecule has 4 aromatic rings. The van der Waals surface area contributed by atoms with Gasteiger partial charge in [0.15, 0.2) is 0 Å². The molecular formula is C21H18O6. The first-order chi connectivity index (χ1) is 13.0. The van der Waals surface area contributed by atoms with E-state index in [9.17, 15) is 4.79 Å². The molecule has 0 amide bonds. The number of carbonyl (C=O) groups is 1. The summed E-state index contributed by atoms with van der Waals surface area (Å²) >= 11 is 0.